The van der Waals surface area contributed by atoms with Gasteiger partial charge in [0.2, 0.25) is 0 Å². The Morgan fingerprint density at radius 1 is 1.21 bits per heavy atom. The summed E-state index contributed by atoms with van der Waals surface area (Å²) in [6.45, 7) is 0.0681. The Morgan fingerprint density at radius 3 is 2.63 bits per heavy atom. The van der Waals surface area contributed by atoms with Gasteiger partial charge in [0.15, 0.2) is 0 Å². The minimum Gasteiger partial charge on any atom is -0.394 e. The van der Waals surface area contributed by atoms with Gasteiger partial charge in [-0.25, -0.2) is 0 Å². The smallest absolute Gasteiger partial charge is 0.0672 e. The lowest BCUT2D eigenvalue weighted by molar-refractivity contribution is 0.220. The van der Waals surface area contributed by atoms with Crippen LogP contribution >= 0.6 is 0 Å². The predicted molar refractivity (Wildman–Crippen MR) is 75.4 cm³/mol. The third-order valence-corrected chi connectivity index (χ3v) is 3.98. The normalized spacial score (nSPS) is 25.3. The van der Waals surface area contributed by atoms with E-state index in [1.807, 2.05) is 30.3 Å². The van der Waals surface area contributed by atoms with Crippen LogP contribution in [0.1, 0.15) is 43.7 Å². The second-order valence-corrected chi connectivity index (χ2v) is 5.29. The summed E-state index contributed by atoms with van der Waals surface area (Å²) in [5.74, 6) is 0.0697. The van der Waals surface area contributed by atoms with Crippen LogP contribution in [0.4, 0.5) is 0 Å². The van der Waals surface area contributed by atoms with E-state index in [1.165, 1.54) is 12.8 Å². The molecule has 1 saturated carbocycles. The van der Waals surface area contributed by atoms with Gasteiger partial charge in [0.25, 0.3) is 0 Å². The lowest BCUT2D eigenvalue weighted by atomic mass is 9.94. The van der Waals surface area contributed by atoms with Crippen LogP contribution < -0.4 is 5.32 Å². The van der Waals surface area contributed by atoms with Gasteiger partial charge in [-0.1, -0.05) is 49.6 Å². The summed E-state index contributed by atoms with van der Waals surface area (Å²) >= 11 is 0. The molecule has 0 aromatic heterocycles. The van der Waals surface area contributed by atoms with E-state index in [9.17, 15) is 10.4 Å². The quantitative estimate of drug-likeness (QED) is 0.816. The first kappa shape index (κ1) is 14.0. The maximum atomic E-state index is 9.59. The number of aliphatic hydroxyl groups excluding tert-OH is 1. The van der Waals surface area contributed by atoms with E-state index >= 15 is 0 Å². The zero-order chi connectivity index (χ0) is 13.5. The minimum absolute atomic E-state index is 0.0681. The molecule has 1 fully saturated rings. The number of hydrogen-bond acceptors (Lipinski definition) is 3. The van der Waals surface area contributed by atoms with Crippen molar-refractivity contribution in [2.75, 3.05) is 6.61 Å². The molecule has 0 bridgehead atoms. The topological polar surface area (TPSA) is 56.0 Å². The van der Waals surface area contributed by atoms with Crippen LogP contribution in [0.25, 0.3) is 0 Å². The van der Waals surface area contributed by atoms with Crippen molar-refractivity contribution in [2.45, 2.75) is 44.2 Å². The molecule has 0 radical (unpaired) electrons. The number of nitrogens with zero attached hydrogens (tertiary/aromatic N) is 1. The first-order valence-corrected chi connectivity index (χ1v) is 7.16. The Bertz CT molecular complexity index is 413. The van der Waals surface area contributed by atoms with Crippen LogP contribution in [0.5, 0.6) is 0 Å². The molecule has 0 amide bonds. The summed E-state index contributed by atoms with van der Waals surface area (Å²) in [6, 6.07) is 12.5. The Hall–Kier alpha value is -1.37. The van der Waals surface area contributed by atoms with Crippen molar-refractivity contribution < 1.29 is 5.11 Å². The van der Waals surface area contributed by atoms with Crippen molar-refractivity contribution in [2.24, 2.45) is 5.92 Å². The second-order valence-electron chi connectivity index (χ2n) is 5.29. The summed E-state index contributed by atoms with van der Waals surface area (Å²) in [6.07, 6.45) is 5.53. The summed E-state index contributed by atoms with van der Waals surface area (Å²) in [7, 11) is 0. The molecule has 3 nitrogen and oxygen atoms in total. The fraction of sp³-hybridized carbons (Fsp3) is 0.562. The Kier molecular flexibility index (Phi) is 5.38. The van der Waals surface area contributed by atoms with Crippen LogP contribution in [0.3, 0.4) is 0 Å². The molecule has 3 atom stereocenters. The van der Waals surface area contributed by atoms with Crippen molar-refractivity contribution in [1.82, 2.24) is 5.32 Å². The number of nitriles is 1. The number of benzene rings is 1. The first-order chi connectivity index (χ1) is 9.35. The van der Waals surface area contributed by atoms with E-state index in [0.717, 1.165) is 24.8 Å². The molecule has 2 rings (SSSR count). The molecule has 3 heteroatoms. The Labute approximate surface area is 115 Å². The molecule has 19 heavy (non-hydrogen) atoms. The third kappa shape index (κ3) is 3.79. The van der Waals surface area contributed by atoms with E-state index in [1.54, 1.807) is 0 Å². The van der Waals surface area contributed by atoms with Gasteiger partial charge in [-0.15, -0.1) is 0 Å². The molecule has 3 unspecified atom stereocenters. The maximum absolute atomic E-state index is 9.59. The molecule has 1 aromatic rings. The highest BCUT2D eigenvalue weighted by atomic mass is 16.3. The lowest BCUT2D eigenvalue weighted by Gasteiger charge is -2.26. The van der Waals surface area contributed by atoms with Gasteiger partial charge < -0.3 is 10.4 Å². The van der Waals surface area contributed by atoms with E-state index in [0.29, 0.717) is 0 Å². The van der Waals surface area contributed by atoms with E-state index in [4.69, 9.17) is 0 Å². The van der Waals surface area contributed by atoms with Gasteiger partial charge in [-0.05, 0) is 18.4 Å². The molecule has 1 aromatic carbocycles. The molecular weight excluding hydrogens is 236 g/mol. The predicted octanol–water partition coefficient (Wildman–Crippen LogP) is 2.78. The molecule has 102 valence electrons. The first-order valence-electron chi connectivity index (χ1n) is 7.16. The van der Waals surface area contributed by atoms with Crippen molar-refractivity contribution in [1.29, 1.82) is 5.26 Å². The average Bonchev–Trinajstić information content (AvgIpc) is 2.70. The van der Waals surface area contributed by atoms with Crippen molar-refractivity contribution >= 4 is 0 Å². The van der Waals surface area contributed by atoms with Crippen molar-refractivity contribution in [3.63, 3.8) is 0 Å². The monoisotopic (exact) mass is 258 g/mol. The Morgan fingerprint density at radius 2 is 1.95 bits per heavy atom. The molecule has 2 N–H and O–H groups in total. The SMILES string of the molecule is N#CC1CCCCCC1NC(CO)c1ccccc1. The van der Waals surface area contributed by atoms with Gasteiger partial charge in [0, 0.05) is 6.04 Å². The molecule has 1 aliphatic carbocycles. The third-order valence-electron chi connectivity index (χ3n) is 3.98. The highest BCUT2D eigenvalue weighted by Crippen LogP contribution is 2.25. The second kappa shape index (κ2) is 7.28. The van der Waals surface area contributed by atoms with Crippen LogP contribution in [-0.2, 0) is 0 Å². The van der Waals surface area contributed by atoms with Gasteiger partial charge >= 0.3 is 0 Å². The van der Waals surface area contributed by atoms with Gasteiger partial charge in [-0.3, -0.25) is 0 Å². The highest BCUT2D eigenvalue weighted by molar-refractivity contribution is 5.19. The largest absolute Gasteiger partial charge is 0.394 e. The number of nitrogens with one attached hydrogen (secondary N) is 1. The highest BCUT2D eigenvalue weighted by Gasteiger charge is 2.25. The van der Waals surface area contributed by atoms with Crippen molar-refractivity contribution in [3.05, 3.63) is 35.9 Å². The summed E-state index contributed by atoms with van der Waals surface area (Å²) < 4.78 is 0. The average molecular weight is 258 g/mol. The zero-order valence-corrected chi connectivity index (χ0v) is 11.3. The van der Waals surface area contributed by atoms with Crippen molar-refractivity contribution in [3.8, 4) is 6.07 Å². The standard InChI is InChI=1S/C16H22N2O/c17-11-14-9-5-2-6-10-15(14)18-16(12-19)13-7-3-1-4-8-13/h1,3-4,7-8,14-16,18-19H,2,5-6,9-10,12H2. The number of aliphatic hydroxyl groups is 1. The van der Waals surface area contributed by atoms with E-state index in [-0.39, 0.29) is 24.6 Å². The molecule has 0 aliphatic heterocycles. The molecule has 0 heterocycles. The van der Waals surface area contributed by atoms with Crippen LogP contribution in [-0.4, -0.2) is 17.8 Å². The maximum Gasteiger partial charge on any atom is 0.0672 e. The molecule has 0 spiro atoms. The summed E-state index contributed by atoms with van der Waals surface area (Å²) in [5, 5.41) is 22.4. The fourth-order valence-corrected chi connectivity index (χ4v) is 2.86. The van der Waals surface area contributed by atoms with Crippen LogP contribution in [0, 0.1) is 17.2 Å². The zero-order valence-electron chi connectivity index (χ0n) is 11.3. The number of hydrogen-bond donors (Lipinski definition) is 2. The van der Waals surface area contributed by atoms with Gasteiger partial charge in [0.05, 0.1) is 24.6 Å². The molecule has 0 saturated heterocycles. The number of rotatable bonds is 4. The lowest BCUT2D eigenvalue weighted by Crippen LogP contribution is -2.39. The van der Waals surface area contributed by atoms with Crippen LogP contribution in [0.15, 0.2) is 30.3 Å². The van der Waals surface area contributed by atoms with Gasteiger partial charge in [-0.2, -0.15) is 5.26 Å². The fourth-order valence-electron chi connectivity index (χ4n) is 2.86. The Balaban J connectivity index is 2.06. The van der Waals surface area contributed by atoms with E-state index in [2.05, 4.69) is 11.4 Å². The van der Waals surface area contributed by atoms with Gasteiger partial charge in [0.1, 0.15) is 0 Å². The molecular formula is C16H22N2O. The summed E-state index contributed by atoms with van der Waals surface area (Å²) in [4.78, 5) is 0. The van der Waals surface area contributed by atoms with Crippen LogP contribution in [0.2, 0.25) is 0 Å². The summed E-state index contributed by atoms with van der Waals surface area (Å²) in [5.41, 5.74) is 1.09. The van der Waals surface area contributed by atoms with E-state index < -0.39 is 0 Å². The molecule has 1 aliphatic rings. The minimum atomic E-state index is -0.0693.